The van der Waals surface area contributed by atoms with Gasteiger partial charge in [0, 0.05) is 12.3 Å². The second-order valence-corrected chi connectivity index (χ2v) is 4.44. The van der Waals surface area contributed by atoms with Crippen molar-refractivity contribution in [1.82, 2.24) is 0 Å². The first kappa shape index (κ1) is 13.7. The molecule has 84 valence electrons. The maximum absolute atomic E-state index is 11.4. The van der Waals surface area contributed by atoms with Crippen LogP contribution in [0.2, 0.25) is 0 Å². The molecule has 14 heavy (non-hydrogen) atoms. The Hall–Kier alpha value is -0.330. The number of carbonyl (C=O) groups is 1. The molecule has 0 amide bonds. The van der Waals surface area contributed by atoms with Gasteiger partial charge in [-0.3, -0.25) is 4.79 Å². The summed E-state index contributed by atoms with van der Waals surface area (Å²) in [5.41, 5.74) is 0. The zero-order valence-electron chi connectivity index (χ0n) is 10.3. The Labute approximate surface area is 89.3 Å². The maximum Gasteiger partial charge on any atom is 0.135 e. The highest BCUT2D eigenvalue weighted by atomic mass is 16.1. The molecule has 0 bridgehead atoms. The van der Waals surface area contributed by atoms with Crippen molar-refractivity contribution >= 4 is 5.78 Å². The van der Waals surface area contributed by atoms with E-state index in [2.05, 4.69) is 20.8 Å². The zero-order valence-corrected chi connectivity index (χ0v) is 10.3. The highest BCUT2D eigenvalue weighted by Gasteiger charge is 2.17. The van der Waals surface area contributed by atoms with E-state index in [0.717, 1.165) is 0 Å². The predicted molar refractivity (Wildman–Crippen MR) is 62.4 cm³/mol. The largest absolute Gasteiger partial charge is 0.299 e. The highest BCUT2D eigenvalue weighted by Crippen LogP contribution is 2.20. The van der Waals surface area contributed by atoms with Gasteiger partial charge in [-0.15, -0.1) is 0 Å². The topological polar surface area (TPSA) is 17.1 Å². The van der Waals surface area contributed by atoms with Gasteiger partial charge in [-0.1, -0.05) is 59.8 Å². The van der Waals surface area contributed by atoms with Gasteiger partial charge in [-0.2, -0.15) is 0 Å². The Bertz CT molecular complexity index is 151. The van der Waals surface area contributed by atoms with Crippen molar-refractivity contribution in [2.75, 3.05) is 0 Å². The molecule has 0 aliphatic rings. The second kappa shape index (κ2) is 8.02. The van der Waals surface area contributed by atoms with Crippen molar-refractivity contribution in [3.8, 4) is 0 Å². The summed E-state index contributed by atoms with van der Waals surface area (Å²) >= 11 is 0. The monoisotopic (exact) mass is 198 g/mol. The molecule has 1 heteroatoms. The molecule has 0 aromatic rings. The average Bonchev–Trinajstić information content (AvgIpc) is 2.21. The van der Waals surface area contributed by atoms with E-state index in [9.17, 15) is 4.79 Å². The lowest BCUT2D eigenvalue weighted by molar-refractivity contribution is -0.123. The Morgan fingerprint density at radius 3 is 2.21 bits per heavy atom. The van der Waals surface area contributed by atoms with Gasteiger partial charge in [0.25, 0.3) is 0 Å². The van der Waals surface area contributed by atoms with Crippen LogP contribution in [0.4, 0.5) is 0 Å². The van der Waals surface area contributed by atoms with Gasteiger partial charge in [0.05, 0.1) is 0 Å². The molecular formula is C13H26O. The Kier molecular flexibility index (Phi) is 7.83. The summed E-state index contributed by atoms with van der Waals surface area (Å²) < 4.78 is 0. The molecule has 0 N–H and O–H groups in total. The molecule has 0 saturated carbocycles. The SMILES string of the molecule is CCCCCC[C@H](C)[C@@H](C)C(=O)CC. The van der Waals surface area contributed by atoms with E-state index < -0.39 is 0 Å². The molecule has 0 spiro atoms. The molecule has 2 atom stereocenters. The molecule has 0 aliphatic carbocycles. The predicted octanol–water partition coefficient (Wildman–Crippen LogP) is 4.21. The van der Waals surface area contributed by atoms with Crippen molar-refractivity contribution in [2.24, 2.45) is 11.8 Å². The van der Waals surface area contributed by atoms with E-state index >= 15 is 0 Å². The zero-order chi connectivity index (χ0) is 11.0. The molecule has 0 unspecified atom stereocenters. The van der Waals surface area contributed by atoms with Crippen molar-refractivity contribution < 1.29 is 4.79 Å². The fraction of sp³-hybridized carbons (Fsp3) is 0.923. The molecule has 0 aromatic heterocycles. The van der Waals surface area contributed by atoms with E-state index in [1.807, 2.05) is 6.92 Å². The van der Waals surface area contributed by atoms with Crippen molar-refractivity contribution in [3.05, 3.63) is 0 Å². The number of Topliss-reactive ketones (excluding diaryl/α,β-unsaturated/α-hetero) is 1. The van der Waals surface area contributed by atoms with Gasteiger partial charge in [0.2, 0.25) is 0 Å². The lowest BCUT2D eigenvalue weighted by Gasteiger charge is -2.17. The van der Waals surface area contributed by atoms with Gasteiger partial charge >= 0.3 is 0 Å². The number of hydrogen-bond donors (Lipinski definition) is 0. The summed E-state index contributed by atoms with van der Waals surface area (Å²) in [4.78, 5) is 11.4. The fourth-order valence-electron chi connectivity index (χ4n) is 1.78. The van der Waals surface area contributed by atoms with Crippen LogP contribution in [-0.2, 0) is 4.79 Å². The minimum absolute atomic E-state index is 0.265. The first-order valence-corrected chi connectivity index (χ1v) is 6.16. The van der Waals surface area contributed by atoms with Crippen LogP contribution in [0.5, 0.6) is 0 Å². The minimum atomic E-state index is 0.265. The summed E-state index contributed by atoms with van der Waals surface area (Å²) in [7, 11) is 0. The third kappa shape index (κ3) is 5.41. The Balaban J connectivity index is 3.61. The summed E-state index contributed by atoms with van der Waals surface area (Å²) in [5.74, 6) is 1.26. The van der Waals surface area contributed by atoms with Crippen LogP contribution in [0.15, 0.2) is 0 Å². The van der Waals surface area contributed by atoms with Gasteiger partial charge in [-0.25, -0.2) is 0 Å². The number of hydrogen-bond acceptors (Lipinski definition) is 1. The lowest BCUT2D eigenvalue weighted by atomic mass is 9.87. The van der Waals surface area contributed by atoms with E-state index in [1.165, 1.54) is 32.1 Å². The third-order valence-electron chi connectivity index (χ3n) is 3.22. The van der Waals surface area contributed by atoms with Crippen LogP contribution >= 0.6 is 0 Å². The van der Waals surface area contributed by atoms with Crippen LogP contribution in [0.3, 0.4) is 0 Å². The molecule has 0 saturated heterocycles. The van der Waals surface area contributed by atoms with Crippen LogP contribution in [0, 0.1) is 11.8 Å². The van der Waals surface area contributed by atoms with E-state index in [0.29, 0.717) is 18.1 Å². The highest BCUT2D eigenvalue weighted by molar-refractivity contribution is 5.80. The molecule has 0 fully saturated rings. The van der Waals surface area contributed by atoms with Gasteiger partial charge < -0.3 is 0 Å². The minimum Gasteiger partial charge on any atom is -0.299 e. The van der Waals surface area contributed by atoms with Crippen LogP contribution in [0.1, 0.15) is 66.2 Å². The molecule has 1 nitrogen and oxygen atoms in total. The molecular weight excluding hydrogens is 172 g/mol. The van der Waals surface area contributed by atoms with Gasteiger partial charge in [0.15, 0.2) is 0 Å². The van der Waals surface area contributed by atoms with Crippen molar-refractivity contribution in [2.45, 2.75) is 66.2 Å². The normalized spacial score (nSPS) is 15.1. The van der Waals surface area contributed by atoms with Crippen LogP contribution in [-0.4, -0.2) is 5.78 Å². The van der Waals surface area contributed by atoms with Gasteiger partial charge in [0.1, 0.15) is 5.78 Å². The molecule has 0 aromatic carbocycles. The number of rotatable bonds is 8. The number of carbonyl (C=O) groups excluding carboxylic acids is 1. The number of ketones is 1. The molecule has 0 radical (unpaired) electrons. The standard InChI is InChI=1S/C13H26O/c1-5-7-8-9-10-11(3)12(4)13(14)6-2/h11-12H,5-10H2,1-4H3/t11-,12+/m0/s1. The average molecular weight is 198 g/mol. The van der Waals surface area contributed by atoms with Crippen LogP contribution in [0.25, 0.3) is 0 Å². The first-order chi connectivity index (χ1) is 6.63. The Morgan fingerprint density at radius 1 is 1.07 bits per heavy atom. The smallest absolute Gasteiger partial charge is 0.135 e. The first-order valence-electron chi connectivity index (χ1n) is 6.16. The van der Waals surface area contributed by atoms with Gasteiger partial charge in [-0.05, 0) is 5.92 Å². The molecule has 0 rings (SSSR count). The summed E-state index contributed by atoms with van der Waals surface area (Å²) in [5, 5.41) is 0. The van der Waals surface area contributed by atoms with E-state index in [-0.39, 0.29) is 5.92 Å². The summed E-state index contributed by atoms with van der Waals surface area (Å²) in [6.07, 6.45) is 7.15. The number of unbranched alkanes of at least 4 members (excludes halogenated alkanes) is 3. The summed E-state index contributed by atoms with van der Waals surface area (Å²) in [6.45, 7) is 8.48. The van der Waals surface area contributed by atoms with E-state index in [4.69, 9.17) is 0 Å². The van der Waals surface area contributed by atoms with Crippen molar-refractivity contribution in [3.63, 3.8) is 0 Å². The Morgan fingerprint density at radius 2 is 1.71 bits per heavy atom. The quantitative estimate of drug-likeness (QED) is 0.534. The molecule has 0 heterocycles. The second-order valence-electron chi connectivity index (χ2n) is 4.44. The van der Waals surface area contributed by atoms with Crippen molar-refractivity contribution in [1.29, 1.82) is 0 Å². The fourth-order valence-corrected chi connectivity index (χ4v) is 1.78. The maximum atomic E-state index is 11.4. The lowest BCUT2D eigenvalue weighted by Crippen LogP contribution is -2.17. The van der Waals surface area contributed by atoms with Crippen LogP contribution < -0.4 is 0 Å². The molecule has 0 aliphatic heterocycles. The van der Waals surface area contributed by atoms with E-state index in [1.54, 1.807) is 0 Å². The summed E-state index contributed by atoms with van der Waals surface area (Å²) in [6, 6.07) is 0. The third-order valence-corrected chi connectivity index (χ3v) is 3.22.